The molecule has 8 N–H and O–H groups in total. The first-order chi connectivity index (χ1) is 43.0. The third kappa shape index (κ3) is 17.9. The number of ketones is 1. The summed E-state index contributed by atoms with van der Waals surface area (Å²) in [5, 5.41) is 56.9. The maximum Gasteiger partial charge on any atom is 0.411 e. The van der Waals surface area contributed by atoms with E-state index < -0.39 is 134 Å². The van der Waals surface area contributed by atoms with Crippen molar-refractivity contribution in [2.75, 3.05) is 65.7 Å². The van der Waals surface area contributed by atoms with Crippen molar-refractivity contribution >= 4 is 82.4 Å². The van der Waals surface area contributed by atoms with Crippen molar-refractivity contribution in [1.82, 2.24) is 16.1 Å². The van der Waals surface area contributed by atoms with Crippen LogP contribution in [-0.2, 0) is 66.5 Å². The minimum absolute atomic E-state index is 0.0839. The van der Waals surface area contributed by atoms with Crippen LogP contribution in [0.25, 0.3) is 0 Å². The summed E-state index contributed by atoms with van der Waals surface area (Å²) in [5.41, 5.74) is -0.959. The Labute approximate surface area is 542 Å². The Balaban J connectivity index is 1.27. The highest BCUT2D eigenvalue weighted by atomic mass is 33.7. The second-order valence-electron chi connectivity index (χ2n) is 21.5. The number of alkyl carbamates (subject to hydrolysis) is 1. The largest absolute Gasteiger partial charge is 0.493 e. The third-order valence-electron chi connectivity index (χ3n) is 15.3. The van der Waals surface area contributed by atoms with Gasteiger partial charge in [0, 0.05) is 61.4 Å². The maximum absolute atomic E-state index is 15.6. The minimum Gasteiger partial charge on any atom is -0.493 e. The van der Waals surface area contributed by atoms with Crippen LogP contribution in [0, 0.1) is 23.7 Å². The highest BCUT2D eigenvalue weighted by Crippen LogP contribution is 2.46. The lowest BCUT2D eigenvalue weighted by atomic mass is 9.73. The summed E-state index contributed by atoms with van der Waals surface area (Å²) < 4.78 is 78.0. The van der Waals surface area contributed by atoms with Gasteiger partial charge in [-0.05, 0) is 65.1 Å². The number of allylic oxidation sites excluding steroid dienone is 2. The fourth-order valence-electron chi connectivity index (χ4n) is 10.8. The number of Topliss-reactive ketones (excluding diaryl/α,β-unsaturated/α-hetero) is 1. The zero-order valence-electron chi connectivity index (χ0n) is 51.8. The number of aliphatic hydroxyl groups is 4. The molecule has 4 saturated heterocycles. The zero-order chi connectivity index (χ0) is 65.6. The number of carbonyl (C=O) groups excluding carboxylic acids is 4. The van der Waals surface area contributed by atoms with E-state index in [0.29, 0.717) is 0 Å². The molecule has 4 aliphatic heterocycles. The van der Waals surface area contributed by atoms with E-state index >= 15 is 4.79 Å². The van der Waals surface area contributed by atoms with E-state index in [1.54, 1.807) is 20.1 Å². The van der Waals surface area contributed by atoms with Gasteiger partial charge in [0.25, 0.3) is 5.91 Å². The predicted molar refractivity (Wildman–Crippen MR) is 337 cm³/mol. The van der Waals surface area contributed by atoms with Crippen LogP contribution in [0.5, 0.6) is 11.5 Å². The molecule has 0 aromatic heterocycles. The lowest BCUT2D eigenvalue weighted by molar-refractivity contribution is -0.336. The van der Waals surface area contributed by atoms with Crippen LogP contribution in [0.2, 0.25) is 0 Å². The SMILES string of the molecule is C=C(OC)C(=O)Nc1cc(OC)c(OC)cc1C(=O)OC1CC(O[C@@H]2C(=O)C(NC(=O)OC)=C3/C(=C\CSSSSC)[C@]2(O)C#C/C=C\C#C[C@@H]3OC2OC(C)C(NOC3CC(O)C(SC)C(C)O3)C(O)C2OC2CC(OC)C(NC(C)C)CO2)OC(C)C1O. The average molecular weight is 1360 g/mol. The summed E-state index contributed by atoms with van der Waals surface area (Å²) in [6, 6.07) is 1.39. The molecule has 4 heterocycles. The van der Waals surface area contributed by atoms with Crippen molar-refractivity contribution in [3.05, 3.63) is 65.1 Å². The van der Waals surface area contributed by atoms with Gasteiger partial charge >= 0.3 is 12.1 Å². The number of hydrogen-bond donors (Lipinski definition) is 8. The van der Waals surface area contributed by atoms with E-state index in [2.05, 4.69) is 51.7 Å². The Morgan fingerprint density at radius 2 is 1.56 bits per heavy atom. The molecular formula is C59H80N4O22S5. The summed E-state index contributed by atoms with van der Waals surface area (Å²) in [6.07, 6.45) is -11.7. The number of esters is 1. The number of hydrogen-bond acceptors (Lipinski definition) is 29. The summed E-state index contributed by atoms with van der Waals surface area (Å²) >= 11 is 1.47. The number of fused-ring (bicyclic) bond motifs is 2. The molecule has 0 radical (unpaired) electrons. The van der Waals surface area contributed by atoms with Gasteiger partial charge in [0.2, 0.25) is 5.78 Å². The Morgan fingerprint density at radius 3 is 2.22 bits per heavy atom. The first-order valence-electron chi connectivity index (χ1n) is 28.6. The Hall–Kier alpha value is -4.27. The number of hydroxylamine groups is 1. The summed E-state index contributed by atoms with van der Waals surface area (Å²) in [4.78, 5) is 62.6. The Morgan fingerprint density at radius 1 is 0.844 bits per heavy atom. The predicted octanol–water partition coefficient (Wildman–Crippen LogP) is 4.06. The average Bonchev–Trinajstić information content (AvgIpc) is 0.759. The number of methoxy groups -OCH3 is 5. The summed E-state index contributed by atoms with van der Waals surface area (Å²) in [7, 11) is 12.3. The van der Waals surface area contributed by atoms with Gasteiger partial charge < -0.3 is 92.6 Å². The van der Waals surface area contributed by atoms with Gasteiger partial charge in [0.15, 0.2) is 54.1 Å². The van der Waals surface area contributed by atoms with Crippen LogP contribution in [0.15, 0.2) is 59.5 Å². The molecule has 0 saturated carbocycles. The molecule has 2 aliphatic carbocycles. The number of aliphatic hydroxyl groups excluding tert-OH is 3. The quantitative estimate of drug-likeness (QED) is 0.0123. The molecule has 19 atom stereocenters. The summed E-state index contributed by atoms with van der Waals surface area (Å²) in [5.74, 6) is 8.62. The molecule has 90 heavy (non-hydrogen) atoms. The minimum atomic E-state index is -2.67. The Bertz CT molecular complexity index is 2910. The monoisotopic (exact) mass is 1360 g/mol. The van der Waals surface area contributed by atoms with Crippen LogP contribution in [0.1, 0.15) is 64.2 Å². The second kappa shape index (κ2) is 34.2. The molecule has 2 amide bonds. The van der Waals surface area contributed by atoms with E-state index in [0.717, 1.165) is 7.11 Å². The highest BCUT2D eigenvalue weighted by molar-refractivity contribution is 9.26. The van der Waals surface area contributed by atoms with Crippen LogP contribution >= 0.6 is 53.0 Å². The number of benzene rings is 1. The lowest BCUT2D eigenvalue weighted by Crippen LogP contribution is -2.65. The highest BCUT2D eigenvalue weighted by Gasteiger charge is 2.57. The first-order valence-corrected chi connectivity index (χ1v) is 35.3. The second-order valence-corrected chi connectivity index (χ2v) is 28.6. The van der Waals surface area contributed by atoms with E-state index in [1.165, 1.54) is 106 Å². The van der Waals surface area contributed by atoms with Gasteiger partial charge in [0.05, 0.1) is 99.8 Å². The van der Waals surface area contributed by atoms with Crippen LogP contribution < -0.4 is 30.9 Å². The van der Waals surface area contributed by atoms with E-state index in [4.69, 9.17) is 66.4 Å². The fraction of sp³-hybridized carbons (Fsp3) is 0.627. The molecule has 1 aromatic rings. The van der Waals surface area contributed by atoms with Crippen molar-refractivity contribution in [1.29, 1.82) is 0 Å². The number of rotatable bonds is 26. The number of nitrogens with one attached hydrogen (secondary N) is 4. The van der Waals surface area contributed by atoms with Crippen molar-refractivity contribution in [2.45, 2.75) is 175 Å². The van der Waals surface area contributed by atoms with Crippen molar-refractivity contribution < 1.29 is 106 Å². The normalized spacial score (nSPS) is 34.2. The molecule has 0 spiro atoms. The van der Waals surface area contributed by atoms with Gasteiger partial charge in [-0.3, -0.25) is 19.7 Å². The molecule has 6 aliphatic rings. The molecule has 1 aromatic carbocycles. The van der Waals surface area contributed by atoms with E-state index in [-0.39, 0.29) is 88.3 Å². The van der Waals surface area contributed by atoms with Gasteiger partial charge in [-0.2, -0.15) is 17.2 Å². The molecule has 31 heteroatoms. The third-order valence-corrected chi connectivity index (χ3v) is 22.5. The summed E-state index contributed by atoms with van der Waals surface area (Å²) in [6.45, 7) is 12.6. The molecular weight excluding hydrogens is 1280 g/mol. The molecule has 26 nitrogen and oxygen atoms in total. The standard InChI is InChI=1S/C59H80N4O22S5/c1-28(2)60-36-27-77-43(25-39(36)73-8)83-52-50(66)47(63-85-45-24-37(64)53(86-12)31(5)79-45)29(3)80-57(52)82-38-18-16-14-15-17-20-59(71)34(19-21-88-90-89-87-13)46(38)48(62-58(70)76-11)51(67)54(59)84-44-26-42(49(65)30(4)78-44)81-56(69)33-22-40(74-9)41(75-10)23-35(33)61-55(68)32(6)72-7/h14-15,19,22-23,28-31,36-39,42-45,47,49-50,52-54,57,60,63-66,71H,6,21,24-27H2,1-5,7-13H3,(H,61,68)(H,62,70)/b15-14-,34-19+/t29?,30?,31?,36?,37?,38-,39?,42?,43?,44?,45?,47?,49?,50?,52?,53?,54+,57?,59+/m0/s1. The van der Waals surface area contributed by atoms with Crippen LogP contribution in [-0.4, -0.2) is 226 Å². The zero-order valence-corrected chi connectivity index (χ0v) is 55.9. The van der Waals surface area contributed by atoms with Crippen LogP contribution in [0.4, 0.5) is 10.5 Å². The first kappa shape index (κ1) is 73.1. The van der Waals surface area contributed by atoms with Gasteiger partial charge in [0.1, 0.15) is 30.5 Å². The van der Waals surface area contributed by atoms with Crippen molar-refractivity contribution in [2.24, 2.45) is 0 Å². The molecule has 7 rings (SSSR count). The van der Waals surface area contributed by atoms with E-state index in [9.17, 15) is 34.8 Å². The molecule has 4 fully saturated rings. The van der Waals surface area contributed by atoms with Crippen molar-refractivity contribution in [3.8, 4) is 35.2 Å². The lowest BCUT2D eigenvalue weighted by Gasteiger charge is -2.47. The maximum atomic E-state index is 15.6. The smallest absolute Gasteiger partial charge is 0.411 e. The number of carbonyl (C=O) groups is 4. The molecule has 498 valence electrons. The van der Waals surface area contributed by atoms with E-state index in [1.807, 2.05) is 33.3 Å². The van der Waals surface area contributed by atoms with Gasteiger partial charge in [-0.25, -0.2) is 9.59 Å². The van der Waals surface area contributed by atoms with Crippen LogP contribution in [0.3, 0.4) is 0 Å². The van der Waals surface area contributed by atoms with Gasteiger partial charge in [-0.15, -0.1) is 0 Å². The molecule has 2 bridgehead atoms. The molecule has 16 unspecified atom stereocenters. The van der Waals surface area contributed by atoms with Gasteiger partial charge in [-0.1, -0.05) is 71.8 Å². The fourth-order valence-corrected chi connectivity index (χ4v) is 16.6. The van der Waals surface area contributed by atoms with Crippen molar-refractivity contribution in [3.63, 3.8) is 0 Å². The number of ether oxygens (including phenoxy) is 13. The number of anilines is 1. The topological polar surface area (TPSA) is 327 Å². The number of thioether (sulfide) groups is 1. The Kier molecular flexibility index (Phi) is 27.8. The number of amides is 2.